The molecule has 0 radical (unpaired) electrons. The molecule has 2 aliphatic heterocycles. The Hall–Kier alpha value is -1.22. The number of rotatable bonds is 2. The van der Waals surface area contributed by atoms with Crippen LogP contribution in [0.5, 0.6) is 0 Å². The van der Waals surface area contributed by atoms with Crippen LogP contribution in [-0.2, 0) is 0 Å². The number of nitrogen functional groups attached to an aromatic ring is 1. The molecular formula is C16H20ClN3. The van der Waals surface area contributed by atoms with Crippen LogP contribution in [0.2, 0.25) is 5.02 Å². The molecule has 2 aliphatic carbocycles. The molecule has 4 fully saturated rings. The fraction of sp³-hybridized carbons (Fsp3) is 0.562. The quantitative estimate of drug-likeness (QED) is 0.644. The molecule has 0 atom stereocenters. The highest BCUT2D eigenvalue weighted by atomic mass is 35.5. The lowest BCUT2D eigenvalue weighted by Gasteiger charge is -2.57. The second kappa shape index (κ2) is 4.39. The van der Waals surface area contributed by atoms with Crippen molar-refractivity contribution >= 4 is 29.2 Å². The molecule has 0 amide bonds. The maximum Gasteiger partial charge on any atom is 0.0496 e. The van der Waals surface area contributed by atoms with Crippen molar-refractivity contribution in [2.24, 2.45) is 11.8 Å². The number of hydrogen-bond acceptors (Lipinski definition) is 3. The van der Waals surface area contributed by atoms with E-state index >= 15 is 0 Å². The van der Waals surface area contributed by atoms with Crippen molar-refractivity contribution in [3.63, 3.8) is 0 Å². The Bertz CT molecular complexity index is 541. The van der Waals surface area contributed by atoms with Crippen LogP contribution >= 0.6 is 11.6 Å². The van der Waals surface area contributed by atoms with Crippen LogP contribution in [-0.4, -0.2) is 18.3 Å². The van der Waals surface area contributed by atoms with E-state index in [1.807, 2.05) is 6.07 Å². The van der Waals surface area contributed by atoms with Gasteiger partial charge in [0.25, 0.3) is 0 Å². The Morgan fingerprint density at radius 1 is 1.10 bits per heavy atom. The zero-order valence-corrected chi connectivity index (χ0v) is 12.2. The summed E-state index contributed by atoms with van der Waals surface area (Å²) in [6.45, 7) is 0. The van der Waals surface area contributed by atoms with E-state index in [0.717, 1.165) is 23.1 Å². The van der Waals surface area contributed by atoms with Crippen LogP contribution in [0.15, 0.2) is 12.1 Å². The first-order valence-corrected chi connectivity index (χ1v) is 7.91. The lowest BCUT2D eigenvalue weighted by molar-refractivity contribution is 0.0900. The van der Waals surface area contributed by atoms with E-state index in [0.29, 0.717) is 22.8 Å². The third kappa shape index (κ3) is 1.76. The summed E-state index contributed by atoms with van der Waals surface area (Å²) in [6, 6.07) is 5.01. The second-order valence-electron chi connectivity index (χ2n) is 6.70. The molecule has 1 aromatic carbocycles. The number of benzene rings is 1. The Morgan fingerprint density at radius 2 is 1.70 bits per heavy atom. The maximum atomic E-state index is 7.69. The van der Waals surface area contributed by atoms with Gasteiger partial charge in [0.15, 0.2) is 0 Å². The van der Waals surface area contributed by atoms with Gasteiger partial charge in [0.05, 0.1) is 0 Å². The predicted octanol–water partition coefficient (Wildman–Crippen LogP) is 3.69. The molecule has 0 spiro atoms. The summed E-state index contributed by atoms with van der Waals surface area (Å²) >= 11 is 6.21. The zero-order valence-electron chi connectivity index (χ0n) is 11.5. The van der Waals surface area contributed by atoms with Crippen LogP contribution in [0.1, 0.15) is 37.7 Å². The van der Waals surface area contributed by atoms with Gasteiger partial charge in [0, 0.05) is 40.3 Å². The molecule has 1 aromatic rings. The first-order chi connectivity index (χ1) is 9.65. The van der Waals surface area contributed by atoms with Crippen LogP contribution in [0, 0.1) is 17.2 Å². The maximum absolute atomic E-state index is 7.69. The Balaban J connectivity index is 1.79. The SMILES string of the molecule is N=Cc1c(N)cc(Cl)cc1N1C2CC3CC(C2)CC1C3. The first-order valence-electron chi connectivity index (χ1n) is 7.53. The summed E-state index contributed by atoms with van der Waals surface area (Å²) in [4.78, 5) is 2.54. The van der Waals surface area contributed by atoms with Gasteiger partial charge < -0.3 is 16.0 Å². The molecule has 2 saturated carbocycles. The third-order valence-electron chi connectivity index (χ3n) is 5.45. The van der Waals surface area contributed by atoms with E-state index < -0.39 is 0 Å². The number of halogens is 1. The molecule has 3 N–H and O–H groups in total. The number of piperidine rings is 2. The number of hydrogen-bond donors (Lipinski definition) is 2. The number of anilines is 2. The van der Waals surface area contributed by atoms with Crippen LogP contribution in [0.4, 0.5) is 11.4 Å². The normalized spacial score (nSPS) is 34.5. The highest BCUT2D eigenvalue weighted by Gasteiger charge is 2.47. The zero-order chi connectivity index (χ0) is 13.9. The summed E-state index contributed by atoms with van der Waals surface area (Å²) in [5.74, 6) is 1.85. The fourth-order valence-electron chi connectivity index (χ4n) is 4.92. The van der Waals surface area contributed by atoms with Crippen molar-refractivity contribution < 1.29 is 0 Å². The van der Waals surface area contributed by atoms with Crippen molar-refractivity contribution in [1.82, 2.24) is 0 Å². The summed E-state index contributed by atoms with van der Waals surface area (Å²) in [6.07, 6.45) is 8.03. The minimum absolute atomic E-state index is 0.622. The molecule has 4 heteroatoms. The molecule has 4 aliphatic rings. The van der Waals surface area contributed by atoms with Crippen molar-refractivity contribution in [2.75, 3.05) is 10.6 Å². The molecule has 2 heterocycles. The van der Waals surface area contributed by atoms with Gasteiger partial charge in [0.2, 0.25) is 0 Å². The third-order valence-corrected chi connectivity index (χ3v) is 5.67. The summed E-state index contributed by atoms with van der Waals surface area (Å²) < 4.78 is 0. The van der Waals surface area contributed by atoms with Crippen LogP contribution < -0.4 is 10.6 Å². The van der Waals surface area contributed by atoms with Crippen LogP contribution in [0.25, 0.3) is 0 Å². The topological polar surface area (TPSA) is 53.1 Å². The number of nitrogens with two attached hydrogens (primary N) is 1. The van der Waals surface area contributed by atoms with Crippen molar-refractivity contribution in [3.05, 3.63) is 22.7 Å². The van der Waals surface area contributed by atoms with E-state index in [1.54, 1.807) is 6.07 Å². The van der Waals surface area contributed by atoms with Gasteiger partial charge in [-0.25, -0.2) is 0 Å². The minimum Gasteiger partial charge on any atom is -0.398 e. The second-order valence-corrected chi connectivity index (χ2v) is 7.13. The summed E-state index contributed by atoms with van der Waals surface area (Å²) in [7, 11) is 0. The van der Waals surface area contributed by atoms with E-state index in [4.69, 9.17) is 22.7 Å². The van der Waals surface area contributed by atoms with Crippen LogP contribution in [0.3, 0.4) is 0 Å². The Kier molecular flexibility index (Phi) is 2.75. The molecule has 2 saturated heterocycles. The van der Waals surface area contributed by atoms with E-state index in [-0.39, 0.29) is 0 Å². The molecule has 0 unspecified atom stereocenters. The highest BCUT2D eigenvalue weighted by Crippen LogP contribution is 2.51. The lowest BCUT2D eigenvalue weighted by Crippen LogP contribution is -2.58. The largest absolute Gasteiger partial charge is 0.398 e. The van der Waals surface area contributed by atoms with Crippen molar-refractivity contribution in [2.45, 2.75) is 44.2 Å². The Morgan fingerprint density at radius 3 is 2.25 bits per heavy atom. The smallest absolute Gasteiger partial charge is 0.0496 e. The average Bonchev–Trinajstić information content (AvgIpc) is 2.36. The summed E-state index contributed by atoms with van der Waals surface area (Å²) in [5, 5.41) is 8.37. The molecule has 4 bridgehead atoms. The molecule has 0 aromatic heterocycles. The minimum atomic E-state index is 0.622. The molecule has 20 heavy (non-hydrogen) atoms. The van der Waals surface area contributed by atoms with Gasteiger partial charge in [-0.05, 0) is 56.1 Å². The number of nitrogens with zero attached hydrogens (tertiary/aromatic N) is 1. The molecular weight excluding hydrogens is 270 g/mol. The highest BCUT2D eigenvalue weighted by molar-refractivity contribution is 6.31. The van der Waals surface area contributed by atoms with E-state index in [9.17, 15) is 0 Å². The lowest BCUT2D eigenvalue weighted by atomic mass is 9.63. The predicted molar refractivity (Wildman–Crippen MR) is 83.9 cm³/mol. The number of nitrogens with one attached hydrogen (secondary N) is 1. The molecule has 3 nitrogen and oxygen atoms in total. The van der Waals surface area contributed by atoms with Gasteiger partial charge in [0.1, 0.15) is 0 Å². The Labute approximate surface area is 124 Å². The monoisotopic (exact) mass is 289 g/mol. The molecule has 5 rings (SSSR count). The van der Waals surface area contributed by atoms with E-state index in [2.05, 4.69) is 4.90 Å². The standard InChI is InChI=1S/C16H20ClN3/c17-11-6-15(19)14(8-18)16(7-11)20-12-2-9-1-10(4-12)5-13(20)3-9/h6-10,12-13,18H,1-5,19H2. The summed E-state index contributed by atoms with van der Waals surface area (Å²) in [5.41, 5.74) is 8.60. The van der Waals surface area contributed by atoms with E-state index in [1.165, 1.54) is 38.3 Å². The first kappa shape index (κ1) is 12.5. The van der Waals surface area contributed by atoms with Gasteiger partial charge in [-0.2, -0.15) is 0 Å². The average molecular weight is 290 g/mol. The van der Waals surface area contributed by atoms with Crippen molar-refractivity contribution in [3.8, 4) is 0 Å². The van der Waals surface area contributed by atoms with Crippen molar-refractivity contribution in [1.29, 1.82) is 5.41 Å². The van der Waals surface area contributed by atoms with Gasteiger partial charge >= 0.3 is 0 Å². The van der Waals surface area contributed by atoms with Gasteiger partial charge in [-0.15, -0.1) is 0 Å². The van der Waals surface area contributed by atoms with Gasteiger partial charge in [-0.3, -0.25) is 0 Å². The molecule has 106 valence electrons. The van der Waals surface area contributed by atoms with Gasteiger partial charge in [-0.1, -0.05) is 11.6 Å². The fourth-order valence-corrected chi connectivity index (χ4v) is 5.14.